The Balaban J connectivity index is 1.50. The van der Waals surface area contributed by atoms with Crippen LogP contribution >= 0.6 is 15.9 Å². The molecule has 4 atom stereocenters. The van der Waals surface area contributed by atoms with Gasteiger partial charge in [-0.05, 0) is 87.9 Å². The van der Waals surface area contributed by atoms with Gasteiger partial charge in [-0.1, -0.05) is 59.0 Å². The number of rotatable bonds is 8. The molecule has 0 aromatic rings. The number of nitrogens with one attached hydrogen (secondary N) is 1. The van der Waals surface area contributed by atoms with Crippen molar-refractivity contribution >= 4 is 21.8 Å². The van der Waals surface area contributed by atoms with Crippen LogP contribution in [0.2, 0.25) is 0 Å². The zero-order chi connectivity index (χ0) is 20.7. The molecule has 3 aliphatic carbocycles. The monoisotopic (exact) mass is 465 g/mol. The Kier molecular flexibility index (Phi) is 8.85. The van der Waals surface area contributed by atoms with Gasteiger partial charge in [-0.3, -0.25) is 4.79 Å². The van der Waals surface area contributed by atoms with E-state index in [9.17, 15) is 9.90 Å². The van der Waals surface area contributed by atoms with Crippen molar-refractivity contribution in [3.63, 3.8) is 0 Å². The molecule has 3 saturated carbocycles. The van der Waals surface area contributed by atoms with Crippen molar-refractivity contribution in [1.82, 2.24) is 5.32 Å². The highest BCUT2D eigenvalue weighted by molar-refractivity contribution is 9.09. The fraction of sp³-hybridized carbons (Fsp3) is 0.800. The molecule has 0 spiro atoms. The molecule has 0 aliphatic heterocycles. The Morgan fingerprint density at radius 3 is 2.83 bits per heavy atom. The molecule has 0 heterocycles. The van der Waals surface area contributed by atoms with Gasteiger partial charge >= 0.3 is 0 Å². The molecule has 4 heteroatoms. The fourth-order valence-corrected chi connectivity index (χ4v) is 6.43. The van der Waals surface area contributed by atoms with Gasteiger partial charge in [-0.15, -0.1) is 0 Å². The number of unbranched alkanes of at least 4 members (excludes halogenated alkanes) is 2. The molecule has 3 nitrogen and oxygen atoms in total. The number of carbonyl (C=O) groups excluding carboxylic acids is 1. The van der Waals surface area contributed by atoms with E-state index in [0.29, 0.717) is 10.7 Å². The molecule has 2 N–H and O–H groups in total. The number of carbonyl (C=O) groups is 1. The van der Waals surface area contributed by atoms with Crippen molar-refractivity contribution in [1.29, 1.82) is 0 Å². The van der Waals surface area contributed by atoms with E-state index in [1.165, 1.54) is 63.4 Å². The van der Waals surface area contributed by atoms with Crippen LogP contribution in [0.1, 0.15) is 90.4 Å². The summed E-state index contributed by atoms with van der Waals surface area (Å²) in [6, 6.07) is 0. The molecule has 29 heavy (non-hydrogen) atoms. The third kappa shape index (κ3) is 6.19. The maximum Gasteiger partial charge on any atom is 0.230 e. The average molecular weight is 467 g/mol. The van der Waals surface area contributed by atoms with Crippen LogP contribution in [-0.4, -0.2) is 29.0 Å². The first-order chi connectivity index (χ1) is 14.0. The molecule has 164 valence electrons. The summed E-state index contributed by atoms with van der Waals surface area (Å²) in [6.45, 7) is 3.38. The van der Waals surface area contributed by atoms with Gasteiger partial charge in [0, 0.05) is 6.54 Å². The number of hydrogen-bond donors (Lipinski definition) is 2. The number of alkyl halides is 1. The Morgan fingerprint density at radius 1 is 1.17 bits per heavy atom. The molecule has 0 aromatic heterocycles. The Bertz CT molecular complexity index is 614. The van der Waals surface area contributed by atoms with E-state index in [-0.39, 0.29) is 12.0 Å². The van der Waals surface area contributed by atoms with E-state index < -0.39 is 0 Å². The van der Waals surface area contributed by atoms with E-state index >= 15 is 0 Å². The summed E-state index contributed by atoms with van der Waals surface area (Å²) in [7, 11) is 0. The number of fused-ring (bicyclic) bond motifs is 1. The van der Waals surface area contributed by atoms with E-state index in [0.717, 1.165) is 44.1 Å². The van der Waals surface area contributed by atoms with E-state index in [4.69, 9.17) is 0 Å². The minimum atomic E-state index is -0.117. The van der Waals surface area contributed by atoms with Crippen molar-refractivity contribution in [3.8, 4) is 0 Å². The lowest BCUT2D eigenvalue weighted by molar-refractivity contribution is -0.118. The first-order valence-corrected chi connectivity index (χ1v) is 13.0. The first-order valence-electron chi connectivity index (χ1n) is 11.9. The fourth-order valence-electron chi connectivity index (χ4n) is 6.24. The molecule has 0 radical (unpaired) electrons. The normalized spacial score (nSPS) is 35.1. The van der Waals surface area contributed by atoms with Crippen LogP contribution in [-0.2, 0) is 4.79 Å². The van der Waals surface area contributed by atoms with E-state index in [1.54, 1.807) is 5.57 Å². The van der Waals surface area contributed by atoms with E-state index in [2.05, 4.69) is 40.3 Å². The average Bonchev–Trinajstić information content (AvgIpc) is 3.05. The second-order valence-corrected chi connectivity index (χ2v) is 10.4. The lowest BCUT2D eigenvalue weighted by Crippen LogP contribution is -2.33. The third-order valence-electron chi connectivity index (χ3n) is 7.90. The van der Waals surface area contributed by atoms with Crippen molar-refractivity contribution < 1.29 is 9.90 Å². The predicted molar refractivity (Wildman–Crippen MR) is 124 cm³/mol. The standard InChI is InChI=1S/C25H40BrNO2/c1-25-15-6-8-20(12-11-19-7-5-10-22(28)17-19)23(25)14-13-21(25)9-3-2-4-16-27-24(29)18-26/h11-12,21-23,28H,2-10,13-18H2,1H3,(H,27,29)/b19-11-,20-12+. The van der Waals surface area contributed by atoms with Gasteiger partial charge in [0.2, 0.25) is 5.91 Å². The summed E-state index contributed by atoms with van der Waals surface area (Å²) in [6.07, 6.45) is 20.5. The van der Waals surface area contributed by atoms with Crippen LogP contribution in [0, 0.1) is 17.3 Å². The van der Waals surface area contributed by atoms with Crippen LogP contribution < -0.4 is 5.32 Å². The van der Waals surface area contributed by atoms with Crippen LogP contribution in [0.4, 0.5) is 0 Å². The summed E-state index contributed by atoms with van der Waals surface area (Å²) < 4.78 is 0. The molecule has 0 saturated heterocycles. The van der Waals surface area contributed by atoms with Gasteiger partial charge in [-0.2, -0.15) is 0 Å². The van der Waals surface area contributed by atoms with Crippen molar-refractivity contribution in [2.75, 3.05) is 11.9 Å². The molecule has 3 aliphatic rings. The maximum atomic E-state index is 11.3. The summed E-state index contributed by atoms with van der Waals surface area (Å²) in [5.74, 6) is 1.72. The molecular formula is C25H40BrNO2. The first kappa shape index (κ1) is 23.1. The van der Waals surface area contributed by atoms with Crippen molar-refractivity contribution in [2.24, 2.45) is 17.3 Å². The molecule has 3 rings (SSSR count). The largest absolute Gasteiger partial charge is 0.393 e. The topological polar surface area (TPSA) is 49.3 Å². The zero-order valence-corrected chi connectivity index (χ0v) is 19.8. The summed E-state index contributed by atoms with van der Waals surface area (Å²) >= 11 is 3.19. The number of allylic oxidation sites excluding steroid dienone is 3. The van der Waals surface area contributed by atoms with Crippen LogP contribution in [0.25, 0.3) is 0 Å². The highest BCUT2D eigenvalue weighted by atomic mass is 79.9. The Labute approximate surface area is 185 Å². The van der Waals surface area contributed by atoms with Crippen LogP contribution in [0.5, 0.6) is 0 Å². The maximum absolute atomic E-state index is 11.3. The zero-order valence-electron chi connectivity index (χ0n) is 18.2. The molecule has 0 aromatic carbocycles. The number of amides is 1. The van der Waals surface area contributed by atoms with E-state index in [1.807, 2.05) is 0 Å². The molecule has 1 amide bonds. The number of aliphatic hydroxyl groups is 1. The summed E-state index contributed by atoms with van der Waals surface area (Å²) in [5.41, 5.74) is 3.62. The van der Waals surface area contributed by atoms with Gasteiger partial charge in [0.15, 0.2) is 0 Å². The Hall–Kier alpha value is -0.610. The Morgan fingerprint density at radius 2 is 2.03 bits per heavy atom. The molecular weight excluding hydrogens is 426 g/mol. The smallest absolute Gasteiger partial charge is 0.230 e. The van der Waals surface area contributed by atoms with Gasteiger partial charge in [0.25, 0.3) is 0 Å². The lowest BCUT2D eigenvalue weighted by atomic mass is 9.62. The minimum Gasteiger partial charge on any atom is -0.393 e. The lowest BCUT2D eigenvalue weighted by Gasteiger charge is -2.42. The quantitative estimate of drug-likeness (QED) is 0.337. The van der Waals surface area contributed by atoms with Gasteiger partial charge in [-0.25, -0.2) is 0 Å². The number of halogens is 1. The predicted octanol–water partition coefficient (Wildman–Crippen LogP) is 6.06. The minimum absolute atomic E-state index is 0.0929. The molecule has 4 unspecified atom stereocenters. The highest BCUT2D eigenvalue weighted by Crippen LogP contribution is 2.58. The van der Waals surface area contributed by atoms with Gasteiger partial charge in [0.1, 0.15) is 0 Å². The third-order valence-corrected chi connectivity index (χ3v) is 8.41. The van der Waals surface area contributed by atoms with Crippen molar-refractivity contribution in [3.05, 3.63) is 23.3 Å². The highest BCUT2D eigenvalue weighted by Gasteiger charge is 2.48. The number of hydrogen-bond acceptors (Lipinski definition) is 2. The van der Waals surface area contributed by atoms with Crippen LogP contribution in [0.15, 0.2) is 23.3 Å². The second kappa shape index (κ2) is 11.1. The molecule has 0 bridgehead atoms. The van der Waals surface area contributed by atoms with Crippen LogP contribution in [0.3, 0.4) is 0 Å². The SMILES string of the molecule is CC12CCC/C(=C\C=C3\CCCC(O)C3)C1CCC2CCCCCNC(=O)CBr. The summed E-state index contributed by atoms with van der Waals surface area (Å²) in [5, 5.41) is 13.3. The van der Waals surface area contributed by atoms with Crippen molar-refractivity contribution in [2.45, 2.75) is 96.5 Å². The number of aliphatic hydroxyl groups excluding tert-OH is 1. The summed E-state index contributed by atoms with van der Waals surface area (Å²) in [4.78, 5) is 11.3. The second-order valence-electron chi connectivity index (χ2n) is 9.84. The molecule has 3 fully saturated rings. The van der Waals surface area contributed by atoms with Gasteiger partial charge in [0.05, 0.1) is 11.4 Å². The van der Waals surface area contributed by atoms with Gasteiger partial charge < -0.3 is 10.4 Å².